The summed E-state index contributed by atoms with van der Waals surface area (Å²) in [6.07, 6.45) is 0. The van der Waals surface area contributed by atoms with Gasteiger partial charge in [0, 0.05) is 85.1 Å². The number of guanidine groups is 1. The van der Waals surface area contributed by atoms with Crippen molar-refractivity contribution in [2.24, 2.45) is 4.99 Å². The third-order valence-corrected chi connectivity index (χ3v) is 5.76. The fourth-order valence-electron chi connectivity index (χ4n) is 3.91. The van der Waals surface area contributed by atoms with Gasteiger partial charge >= 0.3 is 0 Å². The second kappa shape index (κ2) is 10.3. The molecule has 0 unspecified atom stereocenters. The molecule has 0 bridgehead atoms. The normalized spacial score (nSPS) is 18.7. The zero-order chi connectivity index (χ0) is 20.6. The topological polar surface area (TPSA) is 63.7 Å². The lowest BCUT2D eigenvalue weighted by Gasteiger charge is -2.38. The standard InChI is InChI=1S/C21H34N6O2/c1-18(28)25-12-10-24(11-13-25)9-8-23-21(22-2)27-16-14-26(15-17-27)19-4-6-20(29-3)7-5-19/h4-7H,8-17H2,1-3H3,(H,22,23). The summed E-state index contributed by atoms with van der Waals surface area (Å²) >= 11 is 0. The van der Waals surface area contributed by atoms with E-state index >= 15 is 0 Å². The summed E-state index contributed by atoms with van der Waals surface area (Å²) in [7, 11) is 3.54. The average molecular weight is 403 g/mol. The quantitative estimate of drug-likeness (QED) is 0.574. The number of hydrogen-bond donors (Lipinski definition) is 1. The van der Waals surface area contributed by atoms with Gasteiger partial charge in [0.2, 0.25) is 5.91 Å². The van der Waals surface area contributed by atoms with Crippen LogP contribution in [0, 0.1) is 0 Å². The molecule has 0 spiro atoms. The lowest BCUT2D eigenvalue weighted by molar-refractivity contribution is -0.130. The number of ether oxygens (including phenoxy) is 1. The van der Waals surface area contributed by atoms with E-state index in [2.05, 4.69) is 37.1 Å². The number of nitrogens with one attached hydrogen (secondary N) is 1. The van der Waals surface area contributed by atoms with Crippen LogP contribution in [0.4, 0.5) is 5.69 Å². The molecule has 0 aromatic heterocycles. The highest BCUT2D eigenvalue weighted by Gasteiger charge is 2.21. The average Bonchev–Trinajstić information content (AvgIpc) is 2.77. The Hall–Kier alpha value is -2.48. The van der Waals surface area contributed by atoms with Gasteiger partial charge in [-0.2, -0.15) is 0 Å². The maximum absolute atomic E-state index is 11.4. The maximum Gasteiger partial charge on any atom is 0.219 e. The molecule has 1 aromatic carbocycles. The van der Waals surface area contributed by atoms with E-state index < -0.39 is 0 Å². The monoisotopic (exact) mass is 402 g/mol. The van der Waals surface area contributed by atoms with E-state index in [-0.39, 0.29) is 5.91 Å². The first-order chi connectivity index (χ1) is 14.1. The zero-order valence-corrected chi connectivity index (χ0v) is 17.9. The molecular formula is C21H34N6O2. The molecule has 2 aliphatic rings. The zero-order valence-electron chi connectivity index (χ0n) is 17.9. The number of anilines is 1. The molecule has 3 rings (SSSR count). The van der Waals surface area contributed by atoms with Gasteiger partial charge in [0.1, 0.15) is 5.75 Å². The second-order valence-corrected chi connectivity index (χ2v) is 7.49. The van der Waals surface area contributed by atoms with Gasteiger partial charge in [0.05, 0.1) is 7.11 Å². The predicted molar refractivity (Wildman–Crippen MR) is 117 cm³/mol. The van der Waals surface area contributed by atoms with Gasteiger partial charge in [-0.25, -0.2) is 0 Å². The number of carbonyl (C=O) groups excluding carboxylic acids is 1. The van der Waals surface area contributed by atoms with E-state index in [4.69, 9.17) is 4.74 Å². The molecule has 29 heavy (non-hydrogen) atoms. The van der Waals surface area contributed by atoms with Crippen molar-refractivity contribution in [2.75, 3.05) is 84.5 Å². The van der Waals surface area contributed by atoms with Crippen LogP contribution in [0.1, 0.15) is 6.92 Å². The van der Waals surface area contributed by atoms with Crippen LogP contribution in [-0.2, 0) is 4.79 Å². The van der Waals surface area contributed by atoms with E-state index in [0.29, 0.717) is 0 Å². The molecule has 160 valence electrons. The Kier molecular flexibility index (Phi) is 7.57. The maximum atomic E-state index is 11.4. The van der Waals surface area contributed by atoms with Crippen molar-refractivity contribution in [3.05, 3.63) is 24.3 Å². The number of amides is 1. The van der Waals surface area contributed by atoms with Crippen molar-refractivity contribution >= 4 is 17.6 Å². The Morgan fingerprint density at radius 1 is 1.00 bits per heavy atom. The summed E-state index contributed by atoms with van der Waals surface area (Å²) in [5.74, 6) is 2.04. The first-order valence-electron chi connectivity index (χ1n) is 10.4. The Bertz CT molecular complexity index is 677. The highest BCUT2D eigenvalue weighted by atomic mass is 16.5. The minimum atomic E-state index is 0.178. The summed E-state index contributed by atoms with van der Waals surface area (Å²) in [6.45, 7) is 10.9. The Morgan fingerprint density at radius 2 is 1.62 bits per heavy atom. The molecule has 2 saturated heterocycles. The molecule has 8 nitrogen and oxygen atoms in total. The van der Waals surface area contributed by atoms with Crippen LogP contribution in [0.5, 0.6) is 5.75 Å². The molecule has 0 radical (unpaired) electrons. The number of rotatable bonds is 5. The number of hydrogen-bond acceptors (Lipinski definition) is 5. The third-order valence-electron chi connectivity index (χ3n) is 5.76. The highest BCUT2D eigenvalue weighted by Crippen LogP contribution is 2.20. The molecule has 2 fully saturated rings. The first kappa shape index (κ1) is 21.2. The van der Waals surface area contributed by atoms with Crippen LogP contribution in [0.25, 0.3) is 0 Å². The minimum absolute atomic E-state index is 0.178. The fourth-order valence-corrected chi connectivity index (χ4v) is 3.91. The van der Waals surface area contributed by atoms with Crippen molar-refractivity contribution in [1.82, 2.24) is 20.0 Å². The number of nitrogens with zero attached hydrogens (tertiary/aromatic N) is 5. The predicted octanol–water partition coefficient (Wildman–Crippen LogP) is 0.557. The first-order valence-corrected chi connectivity index (χ1v) is 10.4. The van der Waals surface area contributed by atoms with Crippen molar-refractivity contribution < 1.29 is 9.53 Å². The number of methoxy groups -OCH3 is 1. The van der Waals surface area contributed by atoms with Gasteiger partial charge in [0.15, 0.2) is 5.96 Å². The van der Waals surface area contributed by atoms with E-state index in [9.17, 15) is 4.79 Å². The molecule has 1 aromatic rings. The number of benzene rings is 1. The Morgan fingerprint density at radius 3 is 2.17 bits per heavy atom. The smallest absolute Gasteiger partial charge is 0.219 e. The summed E-state index contributed by atoms with van der Waals surface area (Å²) < 4.78 is 5.25. The van der Waals surface area contributed by atoms with Gasteiger partial charge in [0.25, 0.3) is 0 Å². The highest BCUT2D eigenvalue weighted by molar-refractivity contribution is 5.80. The van der Waals surface area contributed by atoms with Crippen molar-refractivity contribution in [1.29, 1.82) is 0 Å². The van der Waals surface area contributed by atoms with Crippen LogP contribution >= 0.6 is 0 Å². The van der Waals surface area contributed by atoms with Gasteiger partial charge in [-0.3, -0.25) is 14.7 Å². The Labute approximate surface area is 174 Å². The molecule has 8 heteroatoms. The summed E-state index contributed by atoms with van der Waals surface area (Å²) in [5, 5.41) is 3.51. The molecule has 0 aliphatic carbocycles. The van der Waals surface area contributed by atoms with Crippen LogP contribution in [0.3, 0.4) is 0 Å². The van der Waals surface area contributed by atoms with Gasteiger partial charge in [-0.05, 0) is 24.3 Å². The Balaban J connectivity index is 1.39. The molecule has 2 aliphatic heterocycles. The SMILES string of the molecule is CN=C(NCCN1CCN(C(C)=O)CC1)N1CCN(c2ccc(OC)cc2)CC1. The lowest BCUT2D eigenvalue weighted by Crippen LogP contribution is -2.54. The summed E-state index contributed by atoms with van der Waals surface area (Å²) in [6, 6.07) is 8.26. The summed E-state index contributed by atoms with van der Waals surface area (Å²) in [4.78, 5) is 25.0. The van der Waals surface area contributed by atoms with Crippen molar-refractivity contribution in [3.63, 3.8) is 0 Å². The van der Waals surface area contributed by atoms with Crippen LogP contribution < -0.4 is 15.0 Å². The number of carbonyl (C=O) groups is 1. The molecule has 1 N–H and O–H groups in total. The van der Waals surface area contributed by atoms with Gasteiger partial charge in [-0.1, -0.05) is 0 Å². The van der Waals surface area contributed by atoms with E-state index in [0.717, 1.165) is 77.2 Å². The largest absolute Gasteiger partial charge is 0.497 e. The van der Waals surface area contributed by atoms with E-state index in [1.807, 2.05) is 24.1 Å². The van der Waals surface area contributed by atoms with Gasteiger partial charge < -0.3 is 24.8 Å². The second-order valence-electron chi connectivity index (χ2n) is 7.49. The van der Waals surface area contributed by atoms with Crippen LogP contribution in [0.2, 0.25) is 0 Å². The van der Waals surface area contributed by atoms with E-state index in [1.165, 1.54) is 5.69 Å². The molecule has 0 saturated carbocycles. The third kappa shape index (κ3) is 5.76. The molecular weight excluding hydrogens is 368 g/mol. The number of aliphatic imine (C=N–C) groups is 1. The fraction of sp³-hybridized carbons (Fsp3) is 0.619. The van der Waals surface area contributed by atoms with Crippen molar-refractivity contribution in [3.8, 4) is 5.75 Å². The molecule has 0 atom stereocenters. The lowest BCUT2D eigenvalue weighted by atomic mass is 10.2. The number of piperazine rings is 2. The van der Waals surface area contributed by atoms with Crippen molar-refractivity contribution in [2.45, 2.75) is 6.92 Å². The van der Waals surface area contributed by atoms with E-state index in [1.54, 1.807) is 14.0 Å². The van der Waals surface area contributed by atoms with Crippen LogP contribution in [0.15, 0.2) is 29.3 Å². The molecule has 1 amide bonds. The van der Waals surface area contributed by atoms with Gasteiger partial charge in [-0.15, -0.1) is 0 Å². The van der Waals surface area contributed by atoms with Crippen LogP contribution in [-0.4, -0.2) is 106 Å². The summed E-state index contributed by atoms with van der Waals surface area (Å²) in [5.41, 5.74) is 1.23. The minimum Gasteiger partial charge on any atom is -0.497 e. The molecule has 2 heterocycles.